The summed E-state index contributed by atoms with van der Waals surface area (Å²) in [7, 11) is 2.53. The van der Waals surface area contributed by atoms with E-state index >= 15 is 0 Å². The van der Waals surface area contributed by atoms with Gasteiger partial charge in [-0.2, -0.15) is 0 Å². The molecule has 4 heteroatoms. The van der Waals surface area contributed by atoms with E-state index in [0.29, 0.717) is 11.7 Å². The minimum Gasteiger partial charge on any atom is -0.233 e. The van der Waals surface area contributed by atoms with E-state index in [1.165, 1.54) is 176 Å². The number of fused-ring (bicyclic) bond motifs is 1. The molecule has 2 heterocycles. The maximum absolute atomic E-state index is 5.17. The van der Waals surface area contributed by atoms with Crippen LogP contribution in [0.1, 0.15) is 172 Å². The van der Waals surface area contributed by atoms with E-state index in [0.717, 1.165) is 5.65 Å². The summed E-state index contributed by atoms with van der Waals surface area (Å²) >= 11 is 1.87. The molecule has 2 saturated carbocycles. The molecule has 2 aliphatic carbocycles. The van der Waals surface area contributed by atoms with Crippen molar-refractivity contribution >= 4 is 33.9 Å². The van der Waals surface area contributed by atoms with Gasteiger partial charge in [0.15, 0.2) is 12.9 Å². The lowest BCUT2D eigenvalue weighted by Gasteiger charge is -2.17. The van der Waals surface area contributed by atoms with Crippen molar-refractivity contribution in [2.75, 3.05) is 0 Å². The summed E-state index contributed by atoms with van der Waals surface area (Å²) < 4.78 is 1.28. The lowest BCUT2D eigenvalue weighted by atomic mass is 9.61. The molecule has 0 aromatic carbocycles. The molecule has 205 valence electrons. The van der Waals surface area contributed by atoms with Crippen LogP contribution in [-0.4, -0.2) is 17.2 Å². The van der Waals surface area contributed by atoms with Crippen LogP contribution >= 0.6 is 11.3 Å². The van der Waals surface area contributed by atoms with Gasteiger partial charge in [0.1, 0.15) is 0 Å². The fourth-order valence-electron chi connectivity index (χ4n) is 6.70. The predicted octanol–water partition coefficient (Wildman–Crippen LogP) is 10.7. The Bertz CT molecular complexity index is 837. The Morgan fingerprint density at radius 2 is 0.946 bits per heavy atom. The summed E-state index contributed by atoms with van der Waals surface area (Å²) in [6, 6.07) is 4.67. The molecular formula is C33H54BN2S. The largest absolute Gasteiger partial charge is 0.233 e. The topological polar surface area (TPSA) is 25.8 Å². The van der Waals surface area contributed by atoms with Gasteiger partial charge in [0.25, 0.3) is 0 Å². The molecule has 0 spiro atoms. The Labute approximate surface area is 233 Å². The number of hydrogen-bond donors (Lipinski definition) is 0. The monoisotopic (exact) mass is 521 g/mol. The SMILES string of the molecule is [B](c1nc2nc(C3CCCCCCCCCCC3)ccc2s1)C1CCCCCCCCCCCCCC1. The first-order valence-corrected chi connectivity index (χ1v) is 17.3. The van der Waals surface area contributed by atoms with E-state index in [4.69, 9.17) is 9.97 Å². The van der Waals surface area contributed by atoms with Gasteiger partial charge in [0.2, 0.25) is 0 Å². The van der Waals surface area contributed by atoms with Crippen LogP contribution < -0.4 is 4.91 Å². The van der Waals surface area contributed by atoms with Crippen LogP contribution in [0.5, 0.6) is 0 Å². The lowest BCUT2D eigenvalue weighted by Crippen LogP contribution is -2.19. The number of thiazole rings is 1. The molecule has 0 amide bonds. The maximum atomic E-state index is 5.17. The molecule has 2 aromatic rings. The smallest absolute Gasteiger partial charge is 0.195 e. The third-order valence-electron chi connectivity index (χ3n) is 9.09. The average molecular weight is 522 g/mol. The molecule has 0 saturated heterocycles. The summed E-state index contributed by atoms with van der Waals surface area (Å²) in [5, 5.41) is 0. The molecule has 0 bridgehead atoms. The molecule has 0 unspecified atom stereocenters. The standard InChI is InChI=1S/C33H54BN2S/c1-2-4-9-13-17-21-25-29(24-20-16-12-8-3-1)34-33-36-32-31(37-33)27-26-30(35-32)28-22-18-14-10-6-5-7-11-15-19-23-28/h26-29H,1-25H2. The average Bonchev–Trinajstić information content (AvgIpc) is 3.29. The molecular weight excluding hydrogens is 467 g/mol. The second-order valence-electron chi connectivity index (χ2n) is 12.3. The Hall–Kier alpha value is -0.895. The second-order valence-corrected chi connectivity index (χ2v) is 13.4. The third-order valence-corrected chi connectivity index (χ3v) is 10.1. The van der Waals surface area contributed by atoms with Crippen molar-refractivity contribution in [3.8, 4) is 0 Å². The van der Waals surface area contributed by atoms with Crippen LogP contribution in [0.15, 0.2) is 12.1 Å². The minimum absolute atomic E-state index is 0.627. The fraction of sp³-hybridized carbons (Fsp3) is 0.818. The normalized spacial score (nSPS) is 22.4. The zero-order valence-corrected chi connectivity index (χ0v) is 24.7. The van der Waals surface area contributed by atoms with Crippen LogP contribution in [0.2, 0.25) is 5.82 Å². The van der Waals surface area contributed by atoms with E-state index in [1.807, 2.05) is 11.3 Å². The highest BCUT2D eigenvalue weighted by atomic mass is 32.1. The van der Waals surface area contributed by atoms with Gasteiger partial charge in [0.05, 0.1) is 4.70 Å². The van der Waals surface area contributed by atoms with Crippen molar-refractivity contribution in [3.05, 3.63) is 17.8 Å². The lowest BCUT2D eigenvalue weighted by molar-refractivity contribution is 0.462. The quantitative estimate of drug-likeness (QED) is 0.375. The van der Waals surface area contributed by atoms with Crippen LogP contribution in [0.25, 0.3) is 10.3 Å². The zero-order chi connectivity index (χ0) is 25.4. The van der Waals surface area contributed by atoms with E-state index in [9.17, 15) is 0 Å². The first-order valence-electron chi connectivity index (χ1n) is 16.5. The Morgan fingerprint density at radius 3 is 1.43 bits per heavy atom. The van der Waals surface area contributed by atoms with Gasteiger partial charge in [-0.05, 0) is 25.0 Å². The third kappa shape index (κ3) is 11.0. The molecule has 1 radical (unpaired) electrons. The highest BCUT2D eigenvalue weighted by Gasteiger charge is 2.18. The molecule has 2 fully saturated rings. The molecule has 2 nitrogen and oxygen atoms in total. The minimum atomic E-state index is 0.627. The number of rotatable bonds is 3. The molecule has 0 N–H and O–H groups in total. The first kappa shape index (κ1) is 29.1. The second kappa shape index (κ2) is 17.6. The summed E-state index contributed by atoms with van der Waals surface area (Å²) in [5.41, 5.74) is 2.33. The first-order chi connectivity index (χ1) is 18.4. The van der Waals surface area contributed by atoms with E-state index in [-0.39, 0.29) is 0 Å². The number of aromatic nitrogens is 2. The molecule has 4 rings (SSSR count). The number of hydrogen-bond acceptors (Lipinski definition) is 3. The van der Waals surface area contributed by atoms with Gasteiger partial charge in [0, 0.05) is 16.5 Å². The fourth-order valence-corrected chi connectivity index (χ4v) is 7.64. The van der Waals surface area contributed by atoms with Crippen LogP contribution in [-0.2, 0) is 0 Å². The Kier molecular flexibility index (Phi) is 13.9. The van der Waals surface area contributed by atoms with Crippen molar-refractivity contribution in [3.63, 3.8) is 0 Å². The Balaban J connectivity index is 1.36. The molecule has 0 aliphatic heterocycles. The van der Waals surface area contributed by atoms with Crippen LogP contribution in [0, 0.1) is 0 Å². The van der Waals surface area contributed by atoms with Crippen molar-refractivity contribution in [2.45, 2.75) is 172 Å². The van der Waals surface area contributed by atoms with E-state index < -0.39 is 0 Å². The number of pyridine rings is 1. The van der Waals surface area contributed by atoms with Crippen molar-refractivity contribution < 1.29 is 0 Å². The van der Waals surface area contributed by atoms with Gasteiger partial charge in [-0.3, -0.25) is 0 Å². The maximum Gasteiger partial charge on any atom is 0.195 e. The van der Waals surface area contributed by atoms with Gasteiger partial charge in [-0.25, -0.2) is 9.97 Å². The summed E-state index contributed by atoms with van der Waals surface area (Å²) in [6.45, 7) is 0. The van der Waals surface area contributed by atoms with Crippen molar-refractivity contribution in [1.29, 1.82) is 0 Å². The van der Waals surface area contributed by atoms with Gasteiger partial charge >= 0.3 is 0 Å². The van der Waals surface area contributed by atoms with E-state index in [1.54, 1.807) is 0 Å². The molecule has 2 aliphatic rings. The van der Waals surface area contributed by atoms with Gasteiger partial charge in [-0.15, -0.1) is 11.3 Å². The molecule has 2 aromatic heterocycles. The molecule has 37 heavy (non-hydrogen) atoms. The van der Waals surface area contributed by atoms with Crippen molar-refractivity contribution in [1.82, 2.24) is 9.97 Å². The van der Waals surface area contributed by atoms with E-state index in [2.05, 4.69) is 19.4 Å². The Morgan fingerprint density at radius 1 is 0.514 bits per heavy atom. The zero-order valence-electron chi connectivity index (χ0n) is 23.9. The highest BCUT2D eigenvalue weighted by molar-refractivity contribution is 7.26. The van der Waals surface area contributed by atoms with Crippen molar-refractivity contribution in [2.24, 2.45) is 0 Å². The summed E-state index contributed by atoms with van der Waals surface area (Å²) in [5.74, 6) is 1.32. The molecule has 0 atom stereocenters. The number of nitrogens with zero attached hydrogens (tertiary/aromatic N) is 2. The highest BCUT2D eigenvalue weighted by Crippen LogP contribution is 2.30. The summed E-state index contributed by atoms with van der Waals surface area (Å²) in [6.07, 6.45) is 35.2. The summed E-state index contributed by atoms with van der Waals surface area (Å²) in [4.78, 5) is 11.5. The van der Waals surface area contributed by atoms with Crippen LogP contribution in [0.3, 0.4) is 0 Å². The van der Waals surface area contributed by atoms with Gasteiger partial charge in [-0.1, -0.05) is 153 Å². The predicted molar refractivity (Wildman–Crippen MR) is 165 cm³/mol. The van der Waals surface area contributed by atoms with Gasteiger partial charge < -0.3 is 0 Å². The van der Waals surface area contributed by atoms with Crippen LogP contribution in [0.4, 0.5) is 0 Å².